The third-order valence-electron chi connectivity index (χ3n) is 4.84. The largest absolute Gasteiger partial charge is 0.466 e. The molecule has 4 nitrogen and oxygen atoms in total. The fourth-order valence-corrected chi connectivity index (χ4v) is 3.72. The average Bonchev–Trinajstić information content (AvgIpc) is 2.70. The molecule has 5 heteroatoms. The molecule has 0 radical (unpaired) electrons. The van der Waals surface area contributed by atoms with Crippen molar-refractivity contribution in [2.75, 3.05) is 7.11 Å². The van der Waals surface area contributed by atoms with Gasteiger partial charge < -0.3 is 15.0 Å². The van der Waals surface area contributed by atoms with Gasteiger partial charge in [-0.15, -0.1) is 0 Å². The molecule has 0 saturated heterocycles. The molecule has 1 atom stereocenters. The molecule has 0 saturated carbocycles. The number of esters is 1. The first kappa shape index (κ1) is 19.1. The molecule has 140 valence electrons. The number of methoxy groups -OCH3 is 1. The zero-order valence-corrected chi connectivity index (χ0v) is 16.5. The van der Waals surface area contributed by atoms with Gasteiger partial charge in [0.15, 0.2) is 5.11 Å². The zero-order valence-electron chi connectivity index (χ0n) is 15.6. The number of carbonyl (C=O) groups excluding carboxylic acids is 1. The van der Waals surface area contributed by atoms with Crippen LogP contribution in [-0.2, 0) is 22.5 Å². The van der Waals surface area contributed by atoms with Gasteiger partial charge >= 0.3 is 5.97 Å². The molecule has 2 aromatic carbocycles. The lowest BCUT2D eigenvalue weighted by Gasteiger charge is -2.37. The molecule has 0 fully saturated rings. The Hall–Kier alpha value is -2.66. The number of carbonyl (C=O) groups is 1. The van der Waals surface area contributed by atoms with Crippen LogP contribution in [0.5, 0.6) is 0 Å². The molecule has 1 heterocycles. The van der Waals surface area contributed by atoms with Crippen molar-refractivity contribution in [1.29, 1.82) is 0 Å². The average molecular weight is 381 g/mol. The van der Waals surface area contributed by atoms with Crippen LogP contribution in [0.1, 0.15) is 24.5 Å². The van der Waals surface area contributed by atoms with E-state index >= 15 is 0 Å². The van der Waals surface area contributed by atoms with Crippen molar-refractivity contribution in [2.45, 2.75) is 32.4 Å². The van der Waals surface area contributed by atoms with Crippen LogP contribution in [0.2, 0.25) is 0 Å². The number of aryl methyl sites for hydroxylation is 1. The summed E-state index contributed by atoms with van der Waals surface area (Å²) in [6, 6.07) is 20.2. The zero-order chi connectivity index (χ0) is 19.2. The van der Waals surface area contributed by atoms with Crippen LogP contribution in [0, 0.1) is 0 Å². The Bertz CT molecular complexity index is 834. The topological polar surface area (TPSA) is 41.6 Å². The van der Waals surface area contributed by atoms with E-state index in [1.165, 1.54) is 12.7 Å². The van der Waals surface area contributed by atoms with Gasteiger partial charge in [-0.05, 0) is 43.1 Å². The van der Waals surface area contributed by atoms with E-state index in [0.717, 1.165) is 24.1 Å². The summed E-state index contributed by atoms with van der Waals surface area (Å²) in [4.78, 5) is 14.5. The summed E-state index contributed by atoms with van der Waals surface area (Å²) >= 11 is 5.62. The van der Waals surface area contributed by atoms with Gasteiger partial charge in [0.05, 0.1) is 18.7 Å². The first-order valence-corrected chi connectivity index (χ1v) is 9.46. The van der Waals surface area contributed by atoms with Gasteiger partial charge in [-0.1, -0.05) is 60.7 Å². The predicted molar refractivity (Wildman–Crippen MR) is 111 cm³/mol. The summed E-state index contributed by atoms with van der Waals surface area (Å²) in [7, 11) is 1.42. The number of thiocarbonyl (C=S) groups is 1. The Morgan fingerprint density at radius 2 is 1.67 bits per heavy atom. The Kier molecular flexibility index (Phi) is 6.24. The standard InChI is InChI=1S/C22H24N2O2S/c1-16-20(21(25)26-2)19(14-13-17-9-5-3-6-10-17)23-22(27)24(16)15-18-11-7-4-8-12-18/h3-12,19H,13-15H2,1-2H3,(H,23,27)/t19-/m0/s1. The number of rotatable bonds is 6. The summed E-state index contributed by atoms with van der Waals surface area (Å²) < 4.78 is 5.07. The molecule has 2 aromatic rings. The van der Waals surface area contributed by atoms with Gasteiger partial charge in [-0.3, -0.25) is 0 Å². The lowest BCUT2D eigenvalue weighted by molar-refractivity contribution is -0.136. The second-order valence-corrected chi connectivity index (χ2v) is 6.98. The predicted octanol–water partition coefficient (Wildman–Crippen LogP) is 3.83. The first-order valence-electron chi connectivity index (χ1n) is 9.05. The van der Waals surface area contributed by atoms with E-state index in [2.05, 4.69) is 29.6 Å². The van der Waals surface area contributed by atoms with E-state index in [4.69, 9.17) is 17.0 Å². The van der Waals surface area contributed by atoms with Crippen LogP contribution in [0.3, 0.4) is 0 Å². The van der Waals surface area contributed by atoms with E-state index in [1.807, 2.05) is 48.2 Å². The highest BCUT2D eigenvalue weighted by Gasteiger charge is 2.33. The second-order valence-electron chi connectivity index (χ2n) is 6.59. The third-order valence-corrected chi connectivity index (χ3v) is 5.18. The molecule has 1 N–H and O–H groups in total. The van der Waals surface area contributed by atoms with E-state index in [1.54, 1.807) is 0 Å². The maximum absolute atomic E-state index is 12.5. The minimum atomic E-state index is -0.307. The number of hydrogen-bond donors (Lipinski definition) is 1. The Labute approximate surface area is 165 Å². The highest BCUT2D eigenvalue weighted by Crippen LogP contribution is 2.25. The molecular formula is C22H24N2O2S. The fourth-order valence-electron chi connectivity index (χ4n) is 3.38. The van der Waals surface area contributed by atoms with Gasteiger partial charge in [0.25, 0.3) is 0 Å². The van der Waals surface area contributed by atoms with Crippen LogP contribution in [0.25, 0.3) is 0 Å². The first-order chi connectivity index (χ1) is 13.1. The molecule has 1 aliphatic heterocycles. The van der Waals surface area contributed by atoms with Crippen LogP contribution in [0.15, 0.2) is 71.9 Å². The fraction of sp³-hybridized carbons (Fsp3) is 0.273. The van der Waals surface area contributed by atoms with Gasteiger partial charge in [0.1, 0.15) is 0 Å². The summed E-state index contributed by atoms with van der Waals surface area (Å²) in [5.74, 6) is -0.307. The normalized spacial score (nSPS) is 16.9. The molecule has 1 aliphatic rings. The van der Waals surface area contributed by atoms with E-state index in [9.17, 15) is 4.79 Å². The monoisotopic (exact) mass is 380 g/mol. The maximum atomic E-state index is 12.5. The van der Waals surface area contributed by atoms with Crippen molar-refractivity contribution < 1.29 is 9.53 Å². The van der Waals surface area contributed by atoms with Crippen molar-refractivity contribution in [3.63, 3.8) is 0 Å². The molecule has 3 rings (SSSR count). The lowest BCUT2D eigenvalue weighted by atomic mass is 9.95. The SMILES string of the molecule is COC(=O)C1=C(C)N(Cc2ccccc2)C(=S)N[C@H]1CCc1ccccc1. The van der Waals surface area contributed by atoms with Gasteiger partial charge in [0.2, 0.25) is 0 Å². The van der Waals surface area contributed by atoms with E-state index < -0.39 is 0 Å². The molecule has 0 spiro atoms. The summed E-state index contributed by atoms with van der Waals surface area (Å²) in [5, 5.41) is 3.99. The highest BCUT2D eigenvalue weighted by atomic mass is 32.1. The van der Waals surface area contributed by atoms with Crippen LogP contribution in [-0.4, -0.2) is 29.1 Å². The van der Waals surface area contributed by atoms with Gasteiger partial charge in [-0.25, -0.2) is 4.79 Å². The summed E-state index contributed by atoms with van der Waals surface area (Å²) in [6.45, 7) is 2.56. The van der Waals surface area contributed by atoms with Gasteiger partial charge in [0, 0.05) is 12.2 Å². The maximum Gasteiger partial charge on any atom is 0.337 e. The third kappa shape index (κ3) is 4.55. The molecular weight excluding hydrogens is 356 g/mol. The Morgan fingerprint density at radius 3 is 2.26 bits per heavy atom. The Morgan fingerprint density at radius 1 is 1.07 bits per heavy atom. The molecule has 0 aliphatic carbocycles. The lowest BCUT2D eigenvalue weighted by Crippen LogP contribution is -2.51. The minimum Gasteiger partial charge on any atom is -0.466 e. The minimum absolute atomic E-state index is 0.155. The summed E-state index contributed by atoms with van der Waals surface area (Å²) in [6.07, 6.45) is 1.62. The van der Waals surface area contributed by atoms with Crippen molar-refractivity contribution in [2.24, 2.45) is 0 Å². The van der Waals surface area contributed by atoms with E-state index in [0.29, 0.717) is 17.2 Å². The smallest absolute Gasteiger partial charge is 0.337 e. The second kappa shape index (κ2) is 8.82. The molecule has 0 bridgehead atoms. The van der Waals surface area contributed by atoms with Crippen molar-refractivity contribution in [3.05, 3.63) is 83.1 Å². The quantitative estimate of drug-likeness (QED) is 0.609. The van der Waals surface area contributed by atoms with Crippen LogP contribution in [0.4, 0.5) is 0 Å². The highest BCUT2D eigenvalue weighted by molar-refractivity contribution is 7.80. The number of benzene rings is 2. The van der Waals surface area contributed by atoms with E-state index in [-0.39, 0.29) is 12.0 Å². The van der Waals surface area contributed by atoms with Gasteiger partial charge in [-0.2, -0.15) is 0 Å². The number of nitrogens with zero attached hydrogens (tertiary/aromatic N) is 1. The number of nitrogens with one attached hydrogen (secondary N) is 1. The van der Waals surface area contributed by atoms with Crippen LogP contribution < -0.4 is 5.32 Å². The number of hydrogen-bond acceptors (Lipinski definition) is 3. The van der Waals surface area contributed by atoms with Crippen molar-refractivity contribution in [3.8, 4) is 0 Å². The van der Waals surface area contributed by atoms with Crippen molar-refractivity contribution in [1.82, 2.24) is 10.2 Å². The van der Waals surface area contributed by atoms with Crippen molar-refractivity contribution >= 4 is 23.3 Å². The molecule has 27 heavy (non-hydrogen) atoms. The summed E-state index contributed by atoms with van der Waals surface area (Å²) in [5.41, 5.74) is 3.87. The number of allylic oxidation sites excluding steroid dienone is 1. The molecule has 0 aromatic heterocycles. The number of ether oxygens (including phenoxy) is 1. The molecule has 0 amide bonds. The Balaban J connectivity index is 1.84. The van der Waals surface area contributed by atoms with Crippen LogP contribution >= 0.6 is 12.2 Å². The molecule has 0 unspecified atom stereocenters.